The fourth-order valence-corrected chi connectivity index (χ4v) is 3.25. The maximum Gasteiger partial charge on any atom is 0.119 e. The molecule has 0 aliphatic carbocycles. The molecule has 1 N–H and O–H groups in total. The zero-order chi connectivity index (χ0) is 15.8. The Bertz CT molecular complexity index is 427. The van der Waals surface area contributed by atoms with Crippen LogP contribution in [-0.2, 0) is 5.60 Å². The van der Waals surface area contributed by atoms with E-state index < -0.39 is 5.60 Å². The second kappa shape index (κ2) is 8.90. The second-order valence-corrected chi connectivity index (χ2v) is 7.23. The summed E-state index contributed by atoms with van der Waals surface area (Å²) in [6.45, 7) is 4.75. The van der Waals surface area contributed by atoms with Crippen LogP contribution in [0.5, 0.6) is 5.75 Å². The summed E-state index contributed by atoms with van der Waals surface area (Å²) in [5.74, 6) is 0.903. The van der Waals surface area contributed by atoms with Crippen molar-refractivity contribution in [2.24, 2.45) is 0 Å². The summed E-state index contributed by atoms with van der Waals surface area (Å²) in [6.07, 6.45) is 7.78. The highest BCUT2D eigenvalue weighted by atomic mass is 79.9. The summed E-state index contributed by atoms with van der Waals surface area (Å²) < 4.78 is 7.86. The Balaban J connectivity index is 1.78. The molecule has 3 nitrogen and oxygen atoms in total. The fourth-order valence-electron chi connectivity index (χ4n) is 2.90. The third-order valence-electron chi connectivity index (χ3n) is 4.44. The largest absolute Gasteiger partial charge is 0.494 e. The van der Waals surface area contributed by atoms with Gasteiger partial charge in [-0.1, -0.05) is 44.7 Å². The molecule has 0 atom stereocenters. The first-order chi connectivity index (χ1) is 10.6. The van der Waals surface area contributed by atoms with E-state index in [0.29, 0.717) is 0 Å². The van der Waals surface area contributed by atoms with Gasteiger partial charge in [0.25, 0.3) is 0 Å². The lowest BCUT2D eigenvalue weighted by molar-refractivity contribution is -0.00690. The summed E-state index contributed by atoms with van der Waals surface area (Å²) in [6, 6.07) is 7.99. The number of benzene rings is 1. The Morgan fingerprint density at radius 1 is 1.09 bits per heavy atom. The molecule has 0 radical (unpaired) electrons. The lowest BCUT2D eigenvalue weighted by Crippen LogP contribution is -2.38. The topological polar surface area (TPSA) is 32.7 Å². The van der Waals surface area contributed by atoms with Crippen molar-refractivity contribution in [3.8, 4) is 5.75 Å². The van der Waals surface area contributed by atoms with Gasteiger partial charge < -0.3 is 9.84 Å². The average Bonchev–Trinajstić information content (AvgIpc) is 2.54. The van der Waals surface area contributed by atoms with Crippen molar-refractivity contribution in [2.45, 2.75) is 57.5 Å². The van der Waals surface area contributed by atoms with Gasteiger partial charge in [0.15, 0.2) is 0 Å². The SMILES string of the molecule is CCCCCCCOc1ccc(C2(O)CCN(Br)CC2)cc1. The van der Waals surface area contributed by atoms with E-state index in [1.54, 1.807) is 0 Å². The highest BCUT2D eigenvalue weighted by molar-refractivity contribution is 9.07. The quantitative estimate of drug-likeness (QED) is 0.535. The molecule has 1 aromatic carbocycles. The lowest BCUT2D eigenvalue weighted by atomic mass is 9.85. The van der Waals surface area contributed by atoms with Gasteiger partial charge in [-0.05, 0) is 37.0 Å². The van der Waals surface area contributed by atoms with Crippen LogP contribution in [0.25, 0.3) is 0 Å². The molecule has 0 saturated carbocycles. The number of hydrogen-bond acceptors (Lipinski definition) is 3. The molecule has 1 saturated heterocycles. The van der Waals surface area contributed by atoms with Gasteiger partial charge in [0.2, 0.25) is 0 Å². The molecular weight excluding hydrogens is 342 g/mol. The Morgan fingerprint density at radius 3 is 2.36 bits per heavy atom. The van der Waals surface area contributed by atoms with Crippen LogP contribution in [0.4, 0.5) is 0 Å². The Morgan fingerprint density at radius 2 is 1.73 bits per heavy atom. The lowest BCUT2D eigenvalue weighted by Gasteiger charge is -2.35. The van der Waals surface area contributed by atoms with Crippen LogP contribution in [0, 0.1) is 0 Å². The maximum atomic E-state index is 10.8. The van der Waals surface area contributed by atoms with Gasteiger partial charge in [0.1, 0.15) is 5.75 Å². The van der Waals surface area contributed by atoms with E-state index >= 15 is 0 Å². The number of nitrogens with zero attached hydrogens (tertiary/aromatic N) is 1. The van der Waals surface area contributed by atoms with E-state index in [9.17, 15) is 5.11 Å². The van der Waals surface area contributed by atoms with Crippen molar-refractivity contribution in [3.05, 3.63) is 29.8 Å². The van der Waals surface area contributed by atoms with Crippen molar-refractivity contribution in [1.82, 2.24) is 3.93 Å². The molecule has 0 spiro atoms. The van der Waals surface area contributed by atoms with E-state index in [-0.39, 0.29) is 0 Å². The van der Waals surface area contributed by atoms with Crippen molar-refractivity contribution in [2.75, 3.05) is 19.7 Å². The molecule has 1 fully saturated rings. The third kappa shape index (κ3) is 5.25. The summed E-state index contributed by atoms with van der Waals surface area (Å²) >= 11 is 3.48. The first-order valence-corrected chi connectivity index (χ1v) is 9.21. The molecule has 1 heterocycles. The van der Waals surface area contributed by atoms with Crippen LogP contribution in [0.3, 0.4) is 0 Å². The molecular formula is C18H28BrNO2. The smallest absolute Gasteiger partial charge is 0.119 e. The summed E-state index contributed by atoms with van der Waals surface area (Å²) in [7, 11) is 0. The van der Waals surface area contributed by atoms with Gasteiger partial charge >= 0.3 is 0 Å². The molecule has 1 aliphatic heterocycles. The zero-order valence-corrected chi connectivity index (χ0v) is 15.1. The highest BCUT2D eigenvalue weighted by Gasteiger charge is 2.33. The predicted octanol–water partition coefficient (Wildman–Crippen LogP) is 4.63. The number of piperidine rings is 1. The standard InChI is InChI=1S/C18H28BrNO2/c1-2-3-4-5-6-15-22-17-9-7-16(8-10-17)18(21)11-13-20(19)14-12-18/h7-10,21H,2-6,11-15H2,1H3. The number of aliphatic hydroxyl groups is 1. The molecule has 0 bridgehead atoms. The van der Waals surface area contributed by atoms with Crippen LogP contribution < -0.4 is 4.74 Å². The van der Waals surface area contributed by atoms with E-state index in [1.165, 1.54) is 25.7 Å². The minimum Gasteiger partial charge on any atom is -0.494 e. The van der Waals surface area contributed by atoms with E-state index in [2.05, 4.69) is 27.0 Å². The first kappa shape index (κ1) is 17.8. The van der Waals surface area contributed by atoms with Crippen LogP contribution in [-0.4, -0.2) is 28.7 Å². The van der Waals surface area contributed by atoms with Crippen molar-refractivity contribution in [1.29, 1.82) is 0 Å². The minimum atomic E-state index is -0.692. The number of ether oxygens (including phenoxy) is 1. The van der Waals surface area contributed by atoms with E-state index in [0.717, 1.165) is 50.3 Å². The molecule has 4 heteroatoms. The number of rotatable bonds is 8. The van der Waals surface area contributed by atoms with Crippen molar-refractivity contribution < 1.29 is 9.84 Å². The van der Waals surface area contributed by atoms with Crippen molar-refractivity contribution >= 4 is 16.1 Å². The molecule has 2 rings (SSSR count). The molecule has 1 aliphatic rings. The Labute approximate surface area is 143 Å². The van der Waals surface area contributed by atoms with Crippen LogP contribution in [0.15, 0.2) is 24.3 Å². The molecule has 0 aromatic heterocycles. The minimum absolute atomic E-state index is 0.692. The van der Waals surface area contributed by atoms with Gasteiger partial charge in [-0.25, -0.2) is 3.93 Å². The molecule has 0 amide bonds. The normalized spacial score (nSPS) is 18.3. The Kier molecular flexibility index (Phi) is 7.19. The Hall–Kier alpha value is -0.580. The summed E-state index contributed by atoms with van der Waals surface area (Å²) in [5.41, 5.74) is 0.312. The van der Waals surface area contributed by atoms with Crippen LogP contribution in [0.1, 0.15) is 57.4 Å². The van der Waals surface area contributed by atoms with Gasteiger partial charge in [-0.2, -0.15) is 0 Å². The van der Waals surface area contributed by atoms with E-state index in [1.807, 2.05) is 24.3 Å². The molecule has 0 unspecified atom stereocenters. The van der Waals surface area contributed by atoms with Gasteiger partial charge in [-0.15, -0.1) is 0 Å². The van der Waals surface area contributed by atoms with E-state index in [4.69, 9.17) is 4.74 Å². The number of unbranched alkanes of at least 4 members (excludes halogenated alkanes) is 4. The number of halogens is 1. The van der Waals surface area contributed by atoms with Gasteiger partial charge in [0, 0.05) is 29.2 Å². The maximum absolute atomic E-state index is 10.8. The van der Waals surface area contributed by atoms with Gasteiger partial charge in [-0.3, -0.25) is 0 Å². The van der Waals surface area contributed by atoms with Crippen molar-refractivity contribution in [3.63, 3.8) is 0 Å². The molecule has 22 heavy (non-hydrogen) atoms. The fraction of sp³-hybridized carbons (Fsp3) is 0.667. The zero-order valence-electron chi connectivity index (χ0n) is 13.6. The second-order valence-electron chi connectivity index (χ2n) is 6.23. The number of hydrogen-bond donors (Lipinski definition) is 1. The first-order valence-electron chi connectivity index (χ1n) is 8.50. The monoisotopic (exact) mass is 369 g/mol. The molecule has 124 valence electrons. The van der Waals surface area contributed by atoms with Crippen LogP contribution in [0.2, 0.25) is 0 Å². The summed E-state index contributed by atoms with van der Waals surface area (Å²) in [5, 5.41) is 10.8. The predicted molar refractivity (Wildman–Crippen MR) is 94.3 cm³/mol. The average molecular weight is 370 g/mol. The third-order valence-corrected chi connectivity index (χ3v) is 5.15. The highest BCUT2D eigenvalue weighted by Crippen LogP contribution is 2.34. The van der Waals surface area contributed by atoms with Crippen LogP contribution >= 0.6 is 16.1 Å². The molecule has 1 aromatic rings. The van der Waals surface area contributed by atoms with Gasteiger partial charge in [0.05, 0.1) is 12.2 Å². The summed E-state index contributed by atoms with van der Waals surface area (Å²) in [4.78, 5) is 0.